The van der Waals surface area contributed by atoms with Gasteiger partial charge in [-0.2, -0.15) is 0 Å². The van der Waals surface area contributed by atoms with Gasteiger partial charge in [-0.15, -0.1) is 0 Å². The molecule has 0 spiro atoms. The van der Waals surface area contributed by atoms with Crippen molar-refractivity contribution in [2.75, 3.05) is 6.61 Å². The van der Waals surface area contributed by atoms with E-state index in [-0.39, 0.29) is 5.92 Å². The maximum atomic E-state index is 13.6. The summed E-state index contributed by atoms with van der Waals surface area (Å²) in [6.45, 7) is 2.88. The van der Waals surface area contributed by atoms with Crippen LogP contribution in [-0.4, -0.2) is 31.1 Å². The van der Waals surface area contributed by atoms with Crippen LogP contribution in [0.5, 0.6) is 0 Å². The number of nitrogens with one attached hydrogen (secondary N) is 1. The summed E-state index contributed by atoms with van der Waals surface area (Å²) >= 11 is 0. The predicted molar refractivity (Wildman–Crippen MR) is 69.1 cm³/mol. The summed E-state index contributed by atoms with van der Waals surface area (Å²) in [5, 5.41) is 19.7. The standard InChI is InChI=1S/C11H15FN2O5S/c1-7(2)10(6-15)13-20(18,19)11-5-8(14(16)17)3-4-9(11)12/h3-5,7,10,13,15H,6H2,1-2H3/t10-/m1/s1. The van der Waals surface area contributed by atoms with Crippen LogP contribution in [0.15, 0.2) is 23.1 Å². The third-order valence-electron chi connectivity index (χ3n) is 2.72. The van der Waals surface area contributed by atoms with Crippen molar-refractivity contribution >= 4 is 15.7 Å². The Balaban J connectivity index is 3.21. The Morgan fingerprint density at radius 3 is 2.50 bits per heavy atom. The van der Waals surface area contributed by atoms with Gasteiger partial charge in [-0.1, -0.05) is 13.8 Å². The summed E-state index contributed by atoms with van der Waals surface area (Å²) in [6.07, 6.45) is 0. The number of hydrogen-bond donors (Lipinski definition) is 2. The Morgan fingerprint density at radius 2 is 2.05 bits per heavy atom. The van der Waals surface area contributed by atoms with Crippen LogP contribution in [-0.2, 0) is 10.0 Å². The Morgan fingerprint density at radius 1 is 1.45 bits per heavy atom. The molecule has 7 nitrogen and oxygen atoms in total. The number of aliphatic hydroxyl groups excluding tert-OH is 1. The number of nitro groups is 1. The highest BCUT2D eigenvalue weighted by atomic mass is 32.2. The van der Waals surface area contributed by atoms with E-state index in [9.17, 15) is 22.9 Å². The summed E-state index contributed by atoms with van der Waals surface area (Å²) in [5.74, 6) is -1.32. The van der Waals surface area contributed by atoms with Crippen LogP contribution in [0.25, 0.3) is 0 Å². The van der Waals surface area contributed by atoms with E-state index in [0.717, 1.165) is 12.1 Å². The topological polar surface area (TPSA) is 110 Å². The van der Waals surface area contributed by atoms with Crippen molar-refractivity contribution in [1.82, 2.24) is 4.72 Å². The second kappa shape index (κ2) is 6.25. The molecule has 9 heteroatoms. The first-order valence-corrected chi connectivity index (χ1v) is 7.24. The number of halogens is 1. The van der Waals surface area contributed by atoms with Gasteiger partial charge >= 0.3 is 0 Å². The predicted octanol–water partition coefficient (Wildman–Crippen LogP) is 1.03. The summed E-state index contributed by atoms with van der Waals surface area (Å²) < 4.78 is 39.7. The van der Waals surface area contributed by atoms with Crippen molar-refractivity contribution in [3.8, 4) is 0 Å². The molecule has 1 atom stereocenters. The van der Waals surface area contributed by atoms with Gasteiger partial charge in [0.25, 0.3) is 5.69 Å². The van der Waals surface area contributed by atoms with Crippen LogP contribution in [0.4, 0.5) is 10.1 Å². The van der Waals surface area contributed by atoms with E-state index < -0.39 is 44.0 Å². The molecule has 20 heavy (non-hydrogen) atoms. The highest BCUT2D eigenvalue weighted by Crippen LogP contribution is 2.21. The lowest BCUT2D eigenvalue weighted by atomic mass is 10.1. The highest BCUT2D eigenvalue weighted by Gasteiger charge is 2.26. The molecule has 0 heterocycles. The average molecular weight is 306 g/mol. The lowest BCUT2D eigenvalue weighted by molar-refractivity contribution is -0.385. The zero-order valence-corrected chi connectivity index (χ0v) is 11.7. The second-order valence-electron chi connectivity index (χ2n) is 4.53. The molecule has 1 aromatic rings. The molecule has 2 N–H and O–H groups in total. The third-order valence-corrected chi connectivity index (χ3v) is 4.23. The van der Waals surface area contributed by atoms with Crippen LogP contribution >= 0.6 is 0 Å². The van der Waals surface area contributed by atoms with Gasteiger partial charge in [0, 0.05) is 18.2 Å². The van der Waals surface area contributed by atoms with E-state index in [2.05, 4.69) is 4.72 Å². The van der Waals surface area contributed by atoms with Gasteiger partial charge in [-0.25, -0.2) is 17.5 Å². The minimum absolute atomic E-state index is 0.225. The molecule has 0 amide bonds. The number of nitro benzene ring substituents is 1. The molecular formula is C11H15FN2O5S. The molecule has 0 aliphatic heterocycles. The summed E-state index contributed by atoms with van der Waals surface area (Å²) in [6, 6.07) is 1.43. The van der Waals surface area contributed by atoms with E-state index >= 15 is 0 Å². The van der Waals surface area contributed by atoms with Gasteiger partial charge < -0.3 is 5.11 Å². The van der Waals surface area contributed by atoms with Crippen LogP contribution in [0.2, 0.25) is 0 Å². The first kappa shape index (κ1) is 16.5. The fraction of sp³-hybridized carbons (Fsp3) is 0.455. The molecule has 0 saturated heterocycles. The summed E-state index contributed by atoms with van der Waals surface area (Å²) in [4.78, 5) is 8.98. The average Bonchev–Trinajstić information content (AvgIpc) is 2.35. The Kier molecular flexibility index (Phi) is 5.15. The minimum atomic E-state index is -4.29. The largest absolute Gasteiger partial charge is 0.395 e. The van der Waals surface area contributed by atoms with Crippen LogP contribution in [0.3, 0.4) is 0 Å². The molecule has 0 saturated carbocycles. The number of aliphatic hydroxyl groups is 1. The van der Waals surface area contributed by atoms with Gasteiger partial charge in [-0.05, 0) is 12.0 Å². The normalized spacial score (nSPS) is 13.4. The second-order valence-corrected chi connectivity index (χ2v) is 6.21. The van der Waals surface area contributed by atoms with E-state index in [4.69, 9.17) is 5.11 Å². The first-order valence-electron chi connectivity index (χ1n) is 5.76. The molecule has 0 radical (unpaired) electrons. The minimum Gasteiger partial charge on any atom is -0.395 e. The SMILES string of the molecule is CC(C)[C@@H](CO)NS(=O)(=O)c1cc([N+](=O)[O-])ccc1F. The lowest BCUT2D eigenvalue weighted by Gasteiger charge is -2.19. The van der Waals surface area contributed by atoms with E-state index in [1.807, 2.05) is 0 Å². The van der Waals surface area contributed by atoms with Crippen molar-refractivity contribution < 1.29 is 22.8 Å². The van der Waals surface area contributed by atoms with Crippen molar-refractivity contribution in [3.63, 3.8) is 0 Å². The van der Waals surface area contributed by atoms with Crippen molar-refractivity contribution in [2.45, 2.75) is 24.8 Å². The molecule has 0 bridgehead atoms. The van der Waals surface area contributed by atoms with Gasteiger partial charge in [0.15, 0.2) is 0 Å². The van der Waals surface area contributed by atoms with Gasteiger partial charge in [0.2, 0.25) is 10.0 Å². The first-order chi connectivity index (χ1) is 9.19. The van der Waals surface area contributed by atoms with Gasteiger partial charge in [0.1, 0.15) is 10.7 Å². The molecule has 0 aliphatic rings. The highest BCUT2D eigenvalue weighted by molar-refractivity contribution is 7.89. The molecule has 112 valence electrons. The zero-order chi connectivity index (χ0) is 15.5. The molecule has 0 aliphatic carbocycles. The quantitative estimate of drug-likeness (QED) is 0.602. The molecule has 1 aromatic carbocycles. The molecule has 0 unspecified atom stereocenters. The van der Waals surface area contributed by atoms with E-state index in [0.29, 0.717) is 6.07 Å². The van der Waals surface area contributed by atoms with Crippen LogP contribution < -0.4 is 4.72 Å². The zero-order valence-electron chi connectivity index (χ0n) is 10.9. The number of benzene rings is 1. The summed E-state index contributed by atoms with van der Waals surface area (Å²) in [7, 11) is -4.29. The van der Waals surface area contributed by atoms with Gasteiger partial charge in [-0.3, -0.25) is 10.1 Å². The molecule has 0 aromatic heterocycles. The van der Waals surface area contributed by atoms with Crippen molar-refractivity contribution in [3.05, 3.63) is 34.1 Å². The fourth-order valence-corrected chi connectivity index (χ4v) is 2.93. The third kappa shape index (κ3) is 3.71. The smallest absolute Gasteiger partial charge is 0.270 e. The Bertz CT molecular complexity index is 603. The van der Waals surface area contributed by atoms with Crippen molar-refractivity contribution in [1.29, 1.82) is 0 Å². The van der Waals surface area contributed by atoms with Crippen molar-refractivity contribution in [2.24, 2.45) is 5.92 Å². The number of nitrogens with zero attached hydrogens (tertiary/aromatic N) is 1. The monoisotopic (exact) mass is 306 g/mol. The lowest BCUT2D eigenvalue weighted by Crippen LogP contribution is -2.41. The Labute approximate surface area is 115 Å². The fourth-order valence-electron chi connectivity index (χ4n) is 1.46. The number of hydrogen-bond acceptors (Lipinski definition) is 5. The van der Waals surface area contributed by atoms with Crippen LogP contribution in [0.1, 0.15) is 13.8 Å². The molecular weight excluding hydrogens is 291 g/mol. The summed E-state index contributed by atoms with van der Waals surface area (Å²) in [5.41, 5.74) is -0.531. The molecule has 0 fully saturated rings. The number of non-ortho nitro benzene ring substituents is 1. The maximum Gasteiger partial charge on any atom is 0.270 e. The van der Waals surface area contributed by atoms with E-state index in [1.54, 1.807) is 13.8 Å². The van der Waals surface area contributed by atoms with Gasteiger partial charge in [0.05, 0.1) is 11.5 Å². The molecule has 1 rings (SSSR count). The number of sulfonamides is 1. The van der Waals surface area contributed by atoms with Crippen LogP contribution in [0, 0.1) is 21.8 Å². The maximum absolute atomic E-state index is 13.6. The Hall–Kier alpha value is -1.58. The number of rotatable bonds is 6. The van der Waals surface area contributed by atoms with E-state index in [1.165, 1.54) is 0 Å².